The van der Waals surface area contributed by atoms with Gasteiger partial charge in [0.25, 0.3) is 5.69 Å². The molecule has 9 heteroatoms. The molecule has 0 aliphatic carbocycles. The zero-order chi connectivity index (χ0) is 20.2. The summed E-state index contributed by atoms with van der Waals surface area (Å²) in [6.45, 7) is 9.04. The van der Waals surface area contributed by atoms with E-state index in [0.717, 1.165) is 0 Å². The van der Waals surface area contributed by atoms with Crippen molar-refractivity contribution in [3.05, 3.63) is 34.4 Å². The zero-order valence-corrected chi connectivity index (χ0v) is 16.1. The smallest absolute Gasteiger partial charge is 0.410 e. The van der Waals surface area contributed by atoms with Crippen molar-refractivity contribution >= 4 is 23.4 Å². The Morgan fingerprint density at radius 3 is 2.63 bits per heavy atom. The van der Waals surface area contributed by atoms with E-state index in [-0.39, 0.29) is 30.3 Å². The number of nitro groups is 1. The number of carbonyl (C=O) groups is 2. The molecule has 1 aliphatic rings. The molecule has 1 heterocycles. The van der Waals surface area contributed by atoms with E-state index in [2.05, 4.69) is 5.32 Å². The topological polar surface area (TPSA) is 105 Å². The minimum absolute atomic E-state index is 0.0119. The standard InChI is InChI=1S/C18H26N4O5/c1-13-11-21(17(24)27-18(2,3)4)9-8-20(13)12-16(23)19-14-6-5-7-15(10-14)22(25)26/h5-7,10,13H,8-9,11-12H2,1-4H3,(H,19,23). The molecule has 1 unspecified atom stereocenters. The molecule has 2 rings (SSSR count). The van der Waals surface area contributed by atoms with Gasteiger partial charge in [-0.3, -0.25) is 19.8 Å². The normalized spacial score (nSPS) is 18.1. The summed E-state index contributed by atoms with van der Waals surface area (Å²) in [6, 6.07) is 5.81. The highest BCUT2D eigenvalue weighted by atomic mass is 16.6. The van der Waals surface area contributed by atoms with E-state index in [1.165, 1.54) is 18.2 Å². The first-order valence-corrected chi connectivity index (χ1v) is 8.81. The van der Waals surface area contributed by atoms with Crippen LogP contribution in [0.1, 0.15) is 27.7 Å². The van der Waals surface area contributed by atoms with Gasteiger partial charge >= 0.3 is 6.09 Å². The highest BCUT2D eigenvalue weighted by Crippen LogP contribution is 2.18. The maximum atomic E-state index is 12.3. The molecule has 0 radical (unpaired) electrons. The van der Waals surface area contributed by atoms with Crippen LogP contribution in [0.25, 0.3) is 0 Å². The number of benzene rings is 1. The molecule has 1 aromatic rings. The zero-order valence-electron chi connectivity index (χ0n) is 16.1. The summed E-state index contributed by atoms with van der Waals surface area (Å²) >= 11 is 0. The lowest BCUT2D eigenvalue weighted by atomic mass is 10.2. The molecule has 27 heavy (non-hydrogen) atoms. The largest absolute Gasteiger partial charge is 0.444 e. The molecule has 1 atom stereocenters. The van der Waals surface area contributed by atoms with Gasteiger partial charge in [-0.1, -0.05) is 6.07 Å². The molecule has 2 amide bonds. The molecule has 9 nitrogen and oxygen atoms in total. The predicted octanol–water partition coefficient (Wildman–Crippen LogP) is 2.47. The molecule has 0 saturated carbocycles. The van der Waals surface area contributed by atoms with Crippen LogP contribution in [0.3, 0.4) is 0 Å². The average Bonchev–Trinajstić information content (AvgIpc) is 2.55. The van der Waals surface area contributed by atoms with E-state index >= 15 is 0 Å². The van der Waals surface area contributed by atoms with Gasteiger partial charge in [0.2, 0.25) is 5.91 Å². The van der Waals surface area contributed by atoms with Crippen molar-refractivity contribution in [1.29, 1.82) is 0 Å². The molecule has 1 aromatic carbocycles. The number of ether oxygens (including phenoxy) is 1. The van der Waals surface area contributed by atoms with E-state index in [1.807, 2.05) is 32.6 Å². The first-order chi connectivity index (χ1) is 12.5. The lowest BCUT2D eigenvalue weighted by Crippen LogP contribution is -2.55. The highest BCUT2D eigenvalue weighted by Gasteiger charge is 2.30. The number of hydrogen-bond acceptors (Lipinski definition) is 6. The van der Waals surface area contributed by atoms with Gasteiger partial charge in [0.15, 0.2) is 0 Å². The fourth-order valence-corrected chi connectivity index (χ4v) is 2.80. The number of rotatable bonds is 4. The number of amides is 2. The van der Waals surface area contributed by atoms with Crippen LogP contribution in [0, 0.1) is 10.1 Å². The Kier molecular flexibility index (Phi) is 6.37. The van der Waals surface area contributed by atoms with Crippen LogP contribution in [0.15, 0.2) is 24.3 Å². The summed E-state index contributed by atoms with van der Waals surface area (Å²) < 4.78 is 5.39. The lowest BCUT2D eigenvalue weighted by molar-refractivity contribution is -0.384. The first kappa shape index (κ1) is 20.6. The fraction of sp³-hybridized carbons (Fsp3) is 0.556. The minimum atomic E-state index is -0.546. The van der Waals surface area contributed by atoms with Crippen LogP contribution in [0.2, 0.25) is 0 Å². The Morgan fingerprint density at radius 2 is 2.04 bits per heavy atom. The molecule has 0 aromatic heterocycles. The van der Waals surface area contributed by atoms with Gasteiger partial charge in [0.05, 0.1) is 11.5 Å². The Labute approximate surface area is 158 Å². The van der Waals surface area contributed by atoms with Crippen molar-refractivity contribution in [1.82, 2.24) is 9.80 Å². The predicted molar refractivity (Wildman–Crippen MR) is 101 cm³/mol. The summed E-state index contributed by atoms with van der Waals surface area (Å²) in [7, 11) is 0. The number of nitro benzene ring substituents is 1. The van der Waals surface area contributed by atoms with Crippen LogP contribution < -0.4 is 5.32 Å². The molecule has 1 N–H and O–H groups in total. The van der Waals surface area contributed by atoms with Crippen LogP contribution in [0.4, 0.5) is 16.2 Å². The third-order valence-corrected chi connectivity index (χ3v) is 4.10. The second kappa shape index (κ2) is 8.34. The van der Waals surface area contributed by atoms with Crippen LogP contribution in [0.5, 0.6) is 0 Å². The monoisotopic (exact) mass is 378 g/mol. The van der Waals surface area contributed by atoms with Gasteiger partial charge in [0, 0.05) is 43.5 Å². The van der Waals surface area contributed by atoms with Gasteiger partial charge in [-0.05, 0) is 33.8 Å². The highest BCUT2D eigenvalue weighted by molar-refractivity contribution is 5.92. The van der Waals surface area contributed by atoms with Gasteiger partial charge in [-0.15, -0.1) is 0 Å². The molecular weight excluding hydrogens is 352 g/mol. The van der Waals surface area contributed by atoms with E-state index in [1.54, 1.807) is 11.0 Å². The number of piperazine rings is 1. The molecule has 0 bridgehead atoms. The number of non-ortho nitro benzene ring substituents is 1. The quantitative estimate of drug-likeness (QED) is 0.637. The van der Waals surface area contributed by atoms with Gasteiger partial charge in [-0.2, -0.15) is 0 Å². The maximum Gasteiger partial charge on any atom is 0.410 e. The maximum absolute atomic E-state index is 12.3. The van der Waals surface area contributed by atoms with Crippen molar-refractivity contribution in [2.45, 2.75) is 39.3 Å². The second-order valence-electron chi connectivity index (χ2n) is 7.60. The Balaban J connectivity index is 1.88. The molecule has 1 fully saturated rings. The molecule has 1 aliphatic heterocycles. The summed E-state index contributed by atoms with van der Waals surface area (Å²) in [5.74, 6) is -0.256. The van der Waals surface area contributed by atoms with Crippen LogP contribution in [-0.2, 0) is 9.53 Å². The number of carbonyl (C=O) groups excluding carboxylic acids is 2. The first-order valence-electron chi connectivity index (χ1n) is 8.81. The van der Waals surface area contributed by atoms with E-state index in [9.17, 15) is 19.7 Å². The van der Waals surface area contributed by atoms with E-state index in [4.69, 9.17) is 4.74 Å². The van der Waals surface area contributed by atoms with E-state index < -0.39 is 10.5 Å². The molecule has 0 spiro atoms. The number of anilines is 1. The van der Waals surface area contributed by atoms with Crippen LogP contribution >= 0.6 is 0 Å². The minimum Gasteiger partial charge on any atom is -0.444 e. The Bertz CT molecular complexity index is 716. The summed E-state index contributed by atoms with van der Waals surface area (Å²) in [6.07, 6.45) is -0.352. The third kappa shape index (κ3) is 6.21. The van der Waals surface area contributed by atoms with Crippen LogP contribution in [-0.4, -0.2) is 64.5 Å². The summed E-state index contributed by atoms with van der Waals surface area (Å²) in [5, 5.41) is 13.5. The van der Waals surface area contributed by atoms with Gasteiger partial charge < -0.3 is 15.0 Å². The number of nitrogens with one attached hydrogen (secondary N) is 1. The average molecular weight is 378 g/mol. The van der Waals surface area contributed by atoms with Crippen molar-refractivity contribution in [3.63, 3.8) is 0 Å². The van der Waals surface area contributed by atoms with Gasteiger partial charge in [-0.25, -0.2) is 4.79 Å². The summed E-state index contributed by atoms with van der Waals surface area (Å²) in [5.41, 5.74) is -0.239. The summed E-state index contributed by atoms with van der Waals surface area (Å²) in [4.78, 5) is 38.4. The molecule has 1 saturated heterocycles. The number of hydrogen-bond donors (Lipinski definition) is 1. The SMILES string of the molecule is CC1CN(C(=O)OC(C)(C)C)CCN1CC(=O)Nc1cccc([N+](=O)[O-])c1. The van der Waals surface area contributed by atoms with Crippen molar-refractivity contribution in [3.8, 4) is 0 Å². The second-order valence-corrected chi connectivity index (χ2v) is 7.60. The Morgan fingerprint density at radius 1 is 1.33 bits per heavy atom. The van der Waals surface area contributed by atoms with Crippen molar-refractivity contribution in [2.75, 3.05) is 31.5 Å². The lowest BCUT2D eigenvalue weighted by Gasteiger charge is -2.39. The molecule has 148 valence electrons. The van der Waals surface area contributed by atoms with Gasteiger partial charge in [0.1, 0.15) is 5.60 Å². The van der Waals surface area contributed by atoms with Crippen molar-refractivity contribution < 1.29 is 19.2 Å². The molecular formula is C18H26N4O5. The van der Waals surface area contributed by atoms with Crippen molar-refractivity contribution in [2.24, 2.45) is 0 Å². The Hall–Kier alpha value is -2.68. The third-order valence-electron chi connectivity index (χ3n) is 4.10. The number of nitrogens with zero attached hydrogens (tertiary/aromatic N) is 3. The fourth-order valence-electron chi connectivity index (χ4n) is 2.80. The van der Waals surface area contributed by atoms with E-state index in [0.29, 0.717) is 25.3 Å².